The van der Waals surface area contributed by atoms with E-state index >= 15 is 0 Å². The molecule has 0 saturated carbocycles. The molecule has 0 aliphatic carbocycles. The van der Waals surface area contributed by atoms with Crippen molar-refractivity contribution in [3.63, 3.8) is 0 Å². The van der Waals surface area contributed by atoms with E-state index in [0.717, 1.165) is 4.90 Å². The smallest absolute Gasteiger partial charge is 0.331 e. The van der Waals surface area contributed by atoms with Crippen LogP contribution in [-0.2, 0) is 14.4 Å². The fourth-order valence-corrected chi connectivity index (χ4v) is 3.42. The number of methoxy groups -OCH3 is 1. The lowest BCUT2D eigenvalue weighted by Gasteiger charge is -2.27. The second kappa shape index (κ2) is 9.95. The minimum Gasteiger partial charge on any atom is -0.493 e. The summed E-state index contributed by atoms with van der Waals surface area (Å²) in [6, 6.07) is 10.4. The van der Waals surface area contributed by atoms with Crippen molar-refractivity contribution in [2.75, 3.05) is 13.7 Å². The summed E-state index contributed by atoms with van der Waals surface area (Å²) in [5.74, 6) is -1.42. The van der Waals surface area contributed by atoms with Crippen LogP contribution in [0.15, 0.2) is 42.5 Å². The Labute approximate surface area is 185 Å². The molecule has 9 heteroatoms. The van der Waals surface area contributed by atoms with Gasteiger partial charge in [0.25, 0.3) is 17.7 Å². The van der Waals surface area contributed by atoms with E-state index in [2.05, 4.69) is 5.48 Å². The van der Waals surface area contributed by atoms with Crippen molar-refractivity contribution >= 4 is 23.7 Å². The molecular weight excluding hydrogens is 416 g/mol. The van der Waals surface area contributed by atoms with Gasteiger partial charge in [0.1, 0.15) is 0 Å². The van der Waals surface area contributed by atoms with Crippen molar-refractivity contribution in [2.24, 2.45) is 0 Å². The largest absolute Gasteiger partial charge is 0.493 e. The first-order valence-electron chi connectivity index (χ1n) is 10.2. The highest BCUT2D eigenvalue weighted by molar-refractivity contribution is 6.21. The molecule has 0 unspecified atom stereocenters. The molecule has 0 bridgehead atoms. The maximum atomic E-state index is 13.1. The minimum absolute atomic E-state index is 0.0817. The average molecular weight is 440 g/mol. The number of nitrogens with one attached hydrogen (secondary N) is 1. The van der Waals surface area contributed by atoms with Crippen LogP contribution in [-0.4, -0.2) is 42.3 Å². The summed E-state index contributed by atoms with van der Waals surface area (Å²) in [6.07, 6.45) is -0.237. The Morgan fingerprint density at radius 2 is 1.66 bits per heavy atom. The van der Waals surface area contributed by atoms with Crippen LogP contribution in [0.3, 0.4) is 0 Å². The first-order chi connectivity index (χ1) is 15.4. The zero-order valence-electron chi connectivity index (χ0n) is 18.0. The number of nitrogens with zero attached hydrogens (tertiary/aromatic N) is 1. The van der Waals surface area contributed by atoms with Crippen molar-refractivity contribution in [3.8, 4) is 11.5 Å². The van der Waals surface area contributed by atoms with Crippen molar-refractivity contribution in [1.82, 2.24) is 10.4 Å². The summed E-state index contributed by atoms with van der Waals surface area (Å²) in [7, 11) is 1.49. The van der Waals surface area contributed by atoms with E-state index in [-0.39, 0.29) is 24.0 Å². The summed E-state index contributed by atoms with van der Waals surface area (Å²) in [4.78, 5) is 55.8. The fraction of sp³-hybridized carbons (Fsp3) is 0.304. The molecule has 0 radical (unpaired) electrons. The molecule has 0 fully saturated rings. The second-order valence-electron chi connectivity index (χ2n) is 6.94. The van der Waals surface area contributed by atoms with E-state index in [1.807, 2.05) is 6.92 Å². The van der Waals surface area contributed by atoms with E-state index < -0.39 is 29.7 Å². The fourth-order valence-electron chi connectivity index (χ4n) is 3.42. The number of amides is 3. The number of carbonyl (C=O) groups is 4. The number of hydrogen-bond acceptors (Lipinski definition) is 7. The third-order valence-electron chi connectivity index (χ3n) is 4.96. The lowest BCUT2D eigenvalue weighted by molar-refractivity contribution is -0.158. The van der Waals surface area contributed by atoms with E-state index in [1.165, 1.54) is 7.11 Å². The maximum absolute atomic E-state index is 13.1. The lowest BCUT2D eigenvalue weighted by Crippen LogP contribution is -2.38. The summed E-state index contributed by atoms with van der Waals surface area (Å²) in [5.41, 5.74) is 3.09. The van der Waals surface area contributed by atoms with Gasteiger partial charge in [-0.15, -0.1) is 0 Å². The Hall–Kier alpha value is -3.88. The standard InChI is InChI=1S/C23H24N2O7/c1-4-21(27)32-24-20(26)13-17(14-10-11-18(30-3)19(12-14)31-5-2)25-22(28)15-8-6-7-9-16(15)23(25)29/h6-12,17H,4-5,13H2,1-3H3,(H,24,26)/t17-/m0/s1. The van der Waals surface area contributed by atoms with Crippen LogP contribution in [0.5, 0.6) is 11.5 Å². The Morgan fingerprint density at radius 3 is 2.22 bits per heavy atom. The first-order valence-corrected chi connectivity index (χ1v) is 10.2. The molecule has 1 N–H and O–H groups in total. The summed E-state index contributed by atoms with van der Waals surface area (Å²) in [5, 5.41) is 0. The maximum Gasteiger partial charge on any atom is 0.331 e. The molecule has 2 aromatic rings. The highest BCUT2D eigenvalue weighted by atomic mass is 16.7. The molecule has 1 aliphatic rings. The topological polar surface area (TPSA) is 111 Å². The Morgan fingerprint density at radius 1 is 1.00 bits per heavy atom. The normalized spacial score (nSPS) is 13.4. The molecule has 3 amide bonds. The van der Waals surface area contributed by atoms with Crippen molar-refractivity contribution in [3.05, 3.63) is 59.2 Å². The minimum atomic E-state index is -0.965. The molecule has 2 aromatic carbocycles. The summed E-state index contributed by atoms with van der Waals surface area (Å²) >= 11 is 0. The van der Waals surface area contributed by atoms with Crippen molar-refractivity contribution < 1.29 is 33.5 Å². The monoisotopic (exact) mass is 440 g/mol. The lowest BCUT2D eigenvalue weighted by atomic mass is 10.0. The third-order valence-corrected chi connectivity index (χ3v) is 4.96. The van der Waals surface area contributed by atoms with Crippen molar-refractivity contribution in [2.45, 2.75) is 32.7 Å². The molecule has 1 heterocycles. The van der Waals surface area contributed by atoms with Gasteiger partial charge in [-0.3, -0.25) is 19.3 Å². The molecule has 3 rings (SSSR count). The van der Waals surface area contributed by atoms with Gasteiger partial charge >= 0.3 is 5.97 Å². The number of ether oxygens (including phenoxy) is 2. The molecule has 1 aliphatic heterocycles. The van der Waals surface area contributed by atoms with Gasteiger partial charge in [-0.1, -0.05) is 25.1 Å². The summed E-state index contributed by atoms with van der Waals surface area (Å²) in [6.45, 7) is 3.76. The van der Waals surface area contributed by atoms with Crippen LogP contribution in [0.2, 0.25) is 0 Å². The van der Waals surface area contributed by atoms with E-state index in [0.29, 0.717) is 23.7 Å². The van der Waals surface area contributed by atoms with E-state index in [1.54, 1.807) is 49.4 Å². The zero-order valence-corrected chi connectivity index (χ0v) is 18.0. The van der Waals surface area contributed by atoms with Crippen LogP contribution < -0.4 is 15.0 Å². The molecule has 1 atom stereocenters. The third kappa shape index (κ3) is 4.56. The predicted molar refractivity (Wildman–Crippen MR) is 113 cm³/mol. The van der Waals surface area contributed by atoms with Crippen LogP contribution in [0.25, 0.3) is 0 Å². The van der Waals surface area contributed by atoms with Gasteiger partial charge in [0, 0.05) is 6.42 Å². The number of benzene rings is 2. The predicted octanol–water partition coefficient (Wildman–Crippen LogP) is 2.81. The molecule has 0 spiro atoms. The number of hydroxylamine groups is 1. The van der Waals surface area contributed by atoms with Gasteiger partial charge in [-0.2, -0.15) is 5.48 Å². The van der Waals surface area contributed by atoms with Crippen LogP contribution >= 0.6 is 0 Å². The molecule has 32 heavy (non-hydrogen) atoms. The SMILES string of the molecule is CCOc1cc([C@H](CC(=O)NOC(=O)CC)N2C(=O)c3ccccc3C2=O)ccc1OC. The van der Waals surface area contributed by atoms with E-state index in [4.69, 9.17) is 14.3 Å². The number of rotatable bonds is 8. The quantitative estimate of drug-likeness (QED) is 0.496. The van der Waals surface area contributed by atoms with E-state index in [9.17, 15) is 19.2 Å². The Bertz CT molecular complexity index is 1020. The number of hydrogen-bond donors (Lipinski definition) is 1. The second-order valence-corrected chi connectivity index (χ2v) is 6.94. The molecule has 0 saturated heterocycles. The van der Waals surface area contributed by atoms with Gasteiger partial charge < -0.3 is 14.3 Å². The highest BCUT2D eigenvalue weighted by Gasteiger charge is 2.41. The summed E-state index contributed by atoms with van der Waals surface area (Å²) < 4.78 is 10.9. The number of imide groups is 1. The zero-order chi connectivity index (χ0) is 23.3. The van der Waals surface area contributed by atoms with Gasteiger partial charge in [-0.05, 0) is 36.8 Å². The van der Waals surface area contributed by atoms with Gasteiger partial charge in [0.2, 0.25) is 0 Å². The average Bonchev–Trinajstić information content (AvgIpc) is 3.06. The first kappa shape index (κ1) is 22.8. The van der Waals surface area contributed by atoms with Crippen LogP contribution in [0.4, 0.5) is 0 Å². The Balaban J connectivity index is 1.98. The number of fused-ring (bicyclic) bond motifs is 1. The Kier molecular flexibility index (Phi) is 7.09. The van der Waals surface area contributed by atoms with Crippen molar-refractivity contribution in [1.29, 1.82) is 0 Å². The molecule has 9 nitrogen and oxygen atoms in total. The number of carbonyl (C=O) groups excluding carboxylic acids is 4. The highest BCUT2D eigenvalue weighted by Crippen LogP contribution is 2.37. The van der Waals surface area contributed by atoms with Gasteiger partial charge in [0.05, 0.1) is 37.3 Å². The van der Waals surface area contributed by atoms with Gasteiger partial charge in [0.15, 0.2) is 11.5 Å². The molecule has 168 valence electrons. The molecular formula is C23H24N2O7. The van der Waals surface area contributed by atoms with Crippen LogP contribution in [0.1, 0.15) is 59.0 Å². The molecule has 0 aromatic heterocycles. The van der Waals surface area contributed by atoms with Gasteiger partial charge in [-0.25, -0.2) is 4.79 Å². The van der Waals surface area contributed by atoms with Crippen LogP contribution in [0, 0.1) is 0 Å².